The van der Waals surface area contributed by atoms with Gasteiger partial charge in [-0.3, -0.25) is 0 Å². The Morgan fingerprint density at radius 3 is 2.86 bits per heavy atom. The summed E-state index contributed by atoms with van der Waals surface area (Å²) in [7, 11) is 4.12. The molecule has 0 aliphatic heterocycles. The molecule has 0 spiro atoms. The van der Waals surface area contributed by atoms with Crippen LogP contribution in [-0.4, -0.2) is 48.3 Å². The summed E-state index contributed by atoms with van der Waals surface area (Å²) in [6.07, 6.45) is 2.50. The number of fused-ring (bicyclic) bond motifs is 1. The van der Waals surface area contributed by atoms with E-state index in [-0.39, 0.29) is 0 Å². The van der Waals surface area contributed by atoms with Crippen molar-refractivity contribution < 1.29 is 4.74 Å². The molecule has 5 heteroatoms. The van der Waals surface area contributed by atoms with Gasteiger partial charge in [0.15, 0.2) is 0 Å². The Morgan fingerprint density at radius 2 is 2.14 bits per heavy atom. The highest BCUT2D eigenvalue weighted by atomic mass is 16.5. The summed E-state index contributed by atoms with van der Waals surface area (Å²) in [6.45, 7) is 3.31. The van der Waals surface area contributed by atoms with Crippen LogP contribution in [0.1, 0.15) is 24.6 Å². The minimum atomic E-state index is 0.625. The number of likely N-dealkylation sites (N-methyl/N-ethyl adjacent to an activating group) is 1. The van der Waals surface area contributed by atoms with Crippen molar-refractivity contribution in [2.45, 2.75) is 25.3 Å². The van der Waals surface area contributed by atoms with E-state index >= 15 is 0 Å². The zero-order chi connectivity index (χ0) is 14.8. The molecule has 0 amide bonds. The lowest BCUT2D eigenvalue weighted by molar-refractivity contribution is 0.111. The molecule has 0 radical (unpaired) electrons. The summed E-state index contributed by atoms with van der Waals surface area (Å²) in [6, 6.07) is 5.98. The topological polar surface area (TPSA) is 56.3 Å². The number of hydrogen-bond acceptors (Lipinski definition) is 4. The number of benzene rings is 1. The highest BCUT2D eigenvalue weighted by molar-refractivity contribution is 5.79. The lowest BCUT2D eigenvalue weighted by atomic mass is 10.3. The van der Waals surface area contributed by atoms with Crippen molar-refractivity contribution >= 4 is 16.7 Å². The van der Waals surface area contributed by atoms with E-state index in [4.69, 9.17) is 15.5 Å². The van der Waals surface area contributed by atoms with Crippen LogP contribution in [0.2, 0.25) is 0 Å². The molecule has 0 saturated heterocycles. The Balaban J connectivity index is 1.72. The van der Waals surface area contributed by atoms with Gasteiger partial charge in [-0.2, -0.15) is 0 Å². The van der Waals surface area contributed by atoms with Gasteiger partial charge in [-0.25, -0.2) is 4.98 Å². The standard InChI is InChI=1S/C16H24N4O/c1-19(2)7-9-21-10-8-20-15-6-5-13(17)11-14(15)18-16(20)12-3-4-12/h5-6,11-12H,3-4,7-10,17H2,1-2H3. The summed E-state index contributed by atoms with van der Waals surface area (Å²) in [5.41, 5.74) is 8.81. The summed E-state index contributed by atoms with van der Waals surface area (Å²) >= 11 is 0. The van der Waals surface area contributed by atoms with Gasteiger partial charge >= 0.3 is 0 Å². The minimum absolute atomic E-state index is 0.625. The number of hydrogen-bond donors (Lipinski definition) is 1. The molecule has 0 atom stereocenters. The van der Waals surface area contributed by atoms with E-state index in [1.54, 1.807) is 0 Å². The number of nitrogens with two attached hydrogens (primary N) is 1. The van der Waals surface area contributed by atoms with Gasteiger partial charge in [0.05, 0.1) is 24.2 Å². The molecule has 0 unspecified atom stereocenters. The number of aromatic nitrogens is 2. The highest BCUT2D eigenvalue weighted by Crippen LogP contribution is 2.40. The van der Waals surface area contributed by atoms with Gasteiger partial charge < -0.3 is 19.9 Å². The molecule has 21 heavy (non-hydrogen) atoms. The van der Waals surface area contributed by atoms with Crippen LogP contribution < -0.4 is 5.73 Å². The maximum atomic E-state index is 5.86. The largest absolute Gasteiger partial charge is 0.399 e. The van der Waals surface area contributed by atoms with E-state index in [9.17, 15) is 0 Å². The van der Waals surface area contributed by atoms with Crippen molar-refractivity contribution in [1.82, 2.24) is 14.5 Å². The normalized spacial score (nSPS) is 15.2. The zero-order valence-electron chi connectivity index (χ0n) is 12.9. The first-order valence-corrected chi connectivity index (χ1v) is 7.63. The fourth-order valence-electron chi connectivity index (χ4n) is 2.56. The van der Waals surface area contributed by atoms with Crippen molar-refractivity contribution in [3.63, 3.8) is 0 Å². The molecule has 1 aromatic carbocycles. The van der Waals surface area contributed by atoms with E-state index in [1.807, 2.05) is 12.1 Å². The van der Waals surface area contributed by atoms with Gasteiger partial charge in [-0.15, -0.1) is 0 Å². The Bertz CT molecular complexity index is 616. The number of ether oxygens (including phenoxy) is 1. The molecule has 1 aromatic heterocycles. The van der Waals surface area contributed by atoms with Gasteiger partial charge in [-0.1, -0.05) is 0 Å². The van der Waals surface area contributed by atoms with E-state index < -0.39 is 0 Å². The molecular formula is C16H24N4O. The van der Waals surface area contributed by atoms with Crippen LogP contribution in [0.4, 0.5) is 5.69 Å². The monoisotopic (exact) mass is 288 g/mol. The molecule has 1 aliphatic rings. The van der Waals surface area contributed by atoms with E-state index in [1.165, 1.54) is 24.2 Å². The first kappa shape index (κ1) is 14.4. The molecule has 3 rings (SSSR count). The zero-order valence-corrected chi connectivity index (χ0v) is 12.9. The van der Waals surface area contributed by atoms with Gasteiger partial charge in [0.1, 0.15) is 5.82 Å². The number of imidazole rings is 1. The van der Waals surface area contributed by atoms with Crippen LogP contribution in [0.3, 0.4) is 0 Å². The van der Waals surface area contributed by atoms with E-state index in [0.717, 1.165) is 37.5 Å². The van der Waals surface area contributed by atoms with Gasteiger partial charge in [0.2, 0.25) is 0 Å². The maximum absolute atomic E-state index is 5.86. The molecule has 5 nitrogen and oxygen atoms in total. The SMILES string of the molecule is CN(C)CCOCCn1c(C2CC2)nc2cc(N)ccc21. The molecule has 2 aromatic rings. The first-order valence-electron chi connectivity index (χ1n) is 7.63. The van der Waals surface area contributed by atoms with Crippen LogP contribution >= 0.6 is 0 Å². The number of nitrogens with zero attached hydrogens (tertiary/aromatic N) is 3. The average Bonchev–Trinajstić information content (AvgIpc) is 3.21. The highest BCUT2D eigenvalue weighted by Gasteiger charge is 2.29. The fraction of sp³-hybridized carbons (Fsp3) is 0.562. The Kier molecular flexibility index (Phi) is 4.12. The van der Waals surface area contributed by atoms with Crippen LogP contribution in [-0.2, 0) is 11.3 Å². The molecule has 1 aliphatic carbocycles. The van der Waals surface area contributed by atoms with Crippen molar-refractivity contribution in [3.8, 4) is 0 Å². The molecular weight excluding hydrogens is 264 g/mol. The van der Waals surface area contributed by atoms with Crippen LogP contribution in [0, 0.1) is 0 Å². The smallest absolute Gasteiger partial charge is 0.113 e. The molecule has 0 bridgehead atoms. The first-order chi connectivity index (χ1) is 10.1. The third kappa shape index (κ3) is 3.36. The summed E-state index contributed by atoms with van der Waals surface area (Å²) in [5.74, 6) is 1.83. The summed E-state index contributed by atoms with van der Waals surface area (Å²) in [5, 5.41) is 0. The van der Waals surface area contributed by atoms with E-state index in [0.29, 0.717) is 5.92 Å². The number of anilines is 1. The van der Waals surface area contributed by atoms with Crippen molar-refractivity contribution in [2.24, 2.45) is 0 Å². The second-order valence-electron chi connectivity index (χ2n) is 6.06. The Morgan fingerprint density at radius 1 is 1.33 bits per heavy atom. The van der Waals surface area contributed by atoms with Gasteiger partial charge in [0.25, 0.3) is 0 Å². The summed E-state index contributed by atoms with van der Waals surface area (Å²) < 4.78 is 8.04. The predicted molar refractivity (Wildman–Crippen MR) is 85.5 cm³/mol. The quantitative estimate of drug-likeness (QED) is 0.626. The number of nitrogen functional groups attached to an aromatic ring is 1. The lowest BCUT2D eigenvalue weighted by Gasteiger charge is -2.12. The molecule has 1 heterocycles. The van der Waals surface area contributed by atoms with Gasteiger partial charge in [0, 0.05) is 24.7 Å². The van der Waals surface area contributed by atoms with Crippen molar-refractivity contribution in [1.29, 1.82) is 0 Å². The third-order valence-electron chi connectivity index (χ3n) is 3.89. The van der Waals surface area contributed by atoms with Crippen LogP contribution in [0.25, 0.3) is 11.0 Å². The minimum Gasteiger partial charge on any atom is -0.399 e. The van der Waals surface area contributed by atoms with Crippen LogP contribution in [0.5, 0.6) is 0 Å². The Hall–Kier alpha value is -1.59. The number of rotatable bonds is 7. The lowest BCUT2D eigenvalue weighted by Crippen LogP contribution is -2.19. The predicted octanol–water partition coefficient (Wildman–Crippen LogP) is 2.07. The van der Waals surface area contributed by atoms with Crippen LogP contribution in [0.15, 0.2) is 18.2 Å². The van der Waals surface area contributed by atoms with Gasteiger partial charge in [-0.05, 0) is 45.1 Å². The molecule has 2 N–H and O–H groups in total. The van der Waals surface area contributed by atoms with Crippen molar-refractivity contribution in [3.05, 3.63) is 24.0 Å². The molecule has 114 valence electrons. The van der Waals surface area contributed by atoms with E-state index in [2.05, 4.69) is 29.6 Å². The molecule has 1 saturated carbocycles. The Labute approximate surface area is 125 Å². The third-order valence-corrected chi connectivity index (χ3v) is 3.89. The fourth-order valence-corrected chi connectivity index (χ4v) is 2.56. The average molecular weight is 288 g/mol. The summed E-state index contributed by atoms with van der Waals surface area (Å²) in [4.78, 5) is 6.91. The molecule has 1 fully saturated rings. The second-order valence-corrected chi connectivity index (χ2v) is 6.06. The maximum Gasteiger partial charge on any atom is 0.113 e. The van der Waals surface area contributed by atoms with Crippen molar-refractivity contribution in [2.75, 3.05) is 39.6 Å². The second kappa shape index (κ2) is 6.03.